The van der Waals surface area contributed by atoms with Gasteiger partial charge < -0.3 is 34.6 Å². The number of likely N-dealkylation sites (N-methyl/N-ethyl adjacent to an activating group) is 1. The first-order valence-corrected chi connectivity index (χ1v) is 12.3. The lowest BCUT2D eigenvalue weighted by Crippen LogP contribution is -2.59. The molecule has 1 fully saturated rings. The number of carbonyl (C=O) groups is 3. The second kappa shape index (κ2) is 11.7. The van der Waals surface area contributed by atoms with Crippen molar-refractivity contribution in [3.63, 3.8) is 0 Å². The van der Waals surface area contributed by atoms with Crippen LogP contribution in [0.2, 0.25) is 0 Å². The predicted molar refractivity (Wildman–Crippen MR) is 132 cm³/mol. The van der Waals surface area contributed by atoms with Crippen LogP contribution in [0.3, 0.4) is 0 Å². The molecule has 0 aliphatic carbocycles. The molecule has 2 aliphatic heterocycles. The summed E-state index contributed by atoms with van der Waals surface area (Å²) in [4.78, 5) is 42.4. The molecule has 0 unspecified atom stereocenters. The summed E-state index contributed by atoms with van der Waals surface area (Å²) in [6, 6.07) is 5.29. The molecular weight excluding hydrogens is 452 g/mol. The molecule has 194 valence electrons. The van der Waals surface area contributed by atoms with Crippen molar-refractivity contribution < 1.29 is 28.6 Å². The van der Waals surface area contributed by atoms with Crippen molar-refractivity contribution in [3.8, 4) is 5.75 Å². The molecule has 35 heavy (non-hydrogen) atoms. The van der Waals surface area contributed by atoms with Gasteiger partial charge in [0.15, 0.2) is 5.60 Å². The molecule has 0 radical (unpaired) electrons. The zero-order valence-electron chi connectivity index (χ0n) is 21.4. The fourth-order valence-corrected chi connectivity index (χ4v) is 4.78. The number of nitrogens with zero attached hydrogens (tertiary/aromatic N) is 2. The normalized spacial score (nSPS) is 17.5. The molecule has 10 heteroatoms. The quantitative estimate of drug-likeness (QED) is 0.546. The second-order valence-corrected chi connectivity index (χ2v) is 9.19. The summed E-state index contributed by atoms with van der Waals surface area (Å²) in [6.07, 6.45) is 1.12. The molecule has 2 N–H and O–H groups in total. The molecule has 0 saturated carbocycles. The van der Waals surface area contributed by atoms with Gasteiger partial charge in [-0.3, -0.25) is 9.59 Å². The third-order valence-electron chi connectivity index (χ3n) is 6.62. The molecule has 1 spiro atoms. The van der Waals surface area contributed by atoms with E-state index in [1.165, 1.54) is 7.11 Å². The van der Waals surface area contributed by atoms with Gasteiger partial charge in [-0.1, -0.05) is 6.92 Å². The Balaban J connectivity index is 1.96. The minimum atomic E-state index is -1.01. The van der Waals surface area contributed by atoms with Gasteiger partial charge >= 0.3 is 6.09 Å². The highest BCUT2D eigenvalue weighted by Crippen LogP contribution is 2.42. The number of benzene rings is 1. The number of alkyl carbamates (subject to hydrolysis) is 1. The Kier molecular flexibility index (Phi) is 8.96. The van der Waals surface area contributed by atoms with Crippen LogP contribution < -0.4 is 20.3 Å². The maximum atomic E-state index is 13.7. The maximum Gasteiger partial charge on any atom is 0.406 e. The van der Waals surface area contributed by atoms with Gasteiger partial charge in [0.1, 0.15) is 5.75 Å². The first-order chi connectivity index (χ1) is 16.8. The van der Waals surface area contributed by atoms with Gasteiger partial charge in [0.2, 0.25) is 0 Å². The Labute approximate surface area is 207 Å². The van der Waals surface area contributed by atoms with Gasteiger partial charge in [0.05, 0.1) is 26.0 Å². The molecule has 1 atom stereocenters. The zero-order chi connectivity index (χ0) is 25.6. The molecule has 10 nitrogen and oxygen atoms in total. The van der Waals surface area contributed by atoms with Crippen LogP contribution in [0, 0.1) is 0 Å². The molecule has 3 rings (SSSR count). The van der Waals surface area contributed by atoms with E-state index in [1.807, 2.05) is 25.8 Å². The smallest absolute Gasteiger partial charge is 0.406 e. The molecule has 1 saturated heterocycles. The number of carbonyl (C=O) groups excluding carboxylic acids is 3. The van der Waals surface area contributed by atoms with E-state index in [0.717, 1.165) is 6.42 Å². The van der Waals surface area contributed by atoms with Crippen LogP contribution in [-0.2, 0) is 14.3 Å². The third-order valence-corrected chi connectivity index (χ3v) is 6.62. The van der Waals surface area contributed by atoms with E-state index in [-0.39, 0.29) is 37.0 Å². The minimum Gasteiger partial charge on any atom is -0.475 e. The van der Waals surface area contributed by atoms with Crippen LogP contribution in [0.5, 0.6) is 5.75 Å². The van der Waals surface area contributed by atoms with E-state index < -0.39 is 11.7 Å². The van der Waals surface area contributed by atoms with Crippen molar-refractivity contribution in [1.82, 2.24) is 15.5 Å². The maximum absolute atomic E-state index is 13.7. The molecule has 0 bridgehead atoms. The fraction of sp³-hybridized carbons (Fsp3) is 0.640. The second-order valence-electron chi connectivity index (χ2n) is 9.19. The topological polar surface area (TPSA) is 109 Å². The number of hydrogen-bond donors (Lipinski definition) is 2. The van der Waals surface area contributed by atoms with Crippen molar-refractivity contribution in [2.45, 2.75) is 57.7 Å². The fourth-order valence-electron chi connectivity index (χ4n) is 4.78. The van der Waals surface area contributed by atoms with Crippen LogP contribution >= 0.6 is 0 Å². The largest absolute Gasteiger partial charge is 0.475 e. The van der Waals surface area contributed by atoms with E-state index in [1.54, 1.807) is 23.1 Å². The molecular formula is C25H38N4O6. The number of hydrogen-bond acceptors (Lipinski definition) is 7. The highest BCUT2D eigenvalue weighted by molar-refractivity contribution is 6.05. The first-order valence-electron chi connectivity index (χ1n) is 12.3. The zero-order valence-corrected chi connectivity index (χ0v) is 21.4. The Morgan fingerprint density at radius 1 is 1.26 bits per heavy atom. The summed E-state index contributed by atoms with van der Waals surface area (Å²) in [6.45, 7) is 8.02. The van der Waals surface area contributed by atoms with Crippen LogP contribution in [-0.4, -0.2) is 87.5 Å². The average molecular weight is 491 g/mol. The predicted octanol–water partition coefficient (Wildman–Crippen LogP) is 2.17. The summed E-state index contributed by atoms with van der Waals surface area (Å²) < 4.78 is 16.4. The summed E-state index contributed by atoms with van der Waals surface area (Å²) >= 11 is 0. The summed E-state index contributed by atoms with van der Waals surface area (Å²) in [5, 5.41) is 5.80. The Morgan fingerprint density at radius 2 is 1.97 bits per heavy atom. The lowest BCUT2D eigenvalue weighted by molar-refractivity contribution is -0.144. The first kappa shape index (κ1) is 26.7. The molecule has 1 aromatic rings. The third kappa shape index (κ3) is 5.70. The van der Waals surface area contributed by atoms with E-state index in [2.05, 4.69) is 22.3 Å². The van der Waals surface area contributed by atoms with Crippen LogP contribution in [0.4, 0.5) is 10.5 Å². The van der Waals surface area contributed by atoms with Gasteiger partial charge in [0, 0.05) is 50.1 Å². The number of amides is 3. The van der Waals surface area contributed by atoms with Crippen molar-refractivity contribution >= 4 is 23.6 Å². The number of fused-ring (bicyclic) bond motifs is 1. The molecule has 1 aromatic carbocycles. The Morgan fingerprint density at radius 3 is 2.57 bits per heavy atom. The Bertz CT molecular complexity index is 915. The number of rotatable bonds is 9. The number of nitrogens with one attached hydrogen (secondary N) is 2. The van der Waals surface area contributed by atoms with Gasteiger partial charge in [-0.2, -0.15) is 0 Å². The monoisotopic (exact) mass is 490 g/mol. The summed E-state index contributed by atoms with van der Waals surface area (Å²) in [7, 11) is 3.16. The van der Waals surface area contributed by atoms with E-state index in [0.29, 0.717) is 49.6 Å². The van der Waals surface area contributed by atoms with E-state index >= 15 is 0 Å². The lowest BCUT2D eigenvalue weighted by atomic mass is 9.90. The van der Waals surface area contributed by atoms with Gasteiger partial charge in [0.25, 0.3) is 11.8 Å². The molecule has 0 aromatic heterocycles. The molecule has 2 aliphatic rings. The molecule has 3 amide bonds. The van der Waals surface area contributed by atoms with Crippen LogP contribution in [0.15, 0.2) is 18.2 Å². The number of methoxy groups -OCH3 is 1. The van der Waals surface area contributed by atoms with Gasteiger partial charge in [-0.05, 0) is 45.5 Å². The van der Waals surface area contributed by atoms with Crippen LogP contribution in [0.1, 0.15) is 50.4 Å². The summed E-state index contributed by atoms with van der Waals surface area (Å²) in [5.74, 6) is 0.253. The van der Waals surface area contributed by atoms with E-state index in [9.17, 15) is 14.4 Å². The van der Waals surface area contributed by atoms with Crippen molar-refractivity contribution in [3.05, 3.63) is 23.8 Å². The summed E-state index contributed by atoms with van der Waals surface area (Å²) in [5.41, 5.74) is -0.00110. The lowest BCUT2D eigenvalue weighted by Gasteiger charge is -2.44. The van der Waals surface area contributed by atoms with Crippen molar-refractivity contribution in [1.29, 1.82) is 0 Å². The van der Waals surface area contributed by atoms with E-state index in [4.69, 9.17) is 9.47 Å². The highest BCUT2D eigenvalue weighted by Gasteiger charge is 2.49. The standard InChI is InChI=1S/C25H38N4O6/c1-6-19(16-26-4)29(17(2)3)22(30)18-7-8-21-20(15-18)28(12-11-27-24(32)33-5)23(31)25(35-21)9-13-34-14-10-25/h7-8,15,17,19,26H,6,9-14,16H2,1-5H3,(H,27,32)/t19-/m1/s1. The SMILES string of the molecule is CC[C@H](CNC)N(C(=O)c1ccc2c(c1)N(CCNC(=O)OC)C(=O)C1(CCOCC1)O2)C(C)C. The van der Waals surface area contributed by atoms with Gasteiger partial charge in [-0.25, -0.2) is 4.79 Å². The van der Waals surface area contributed by atoms with Gasteiger partial charge in [-0.15, -0.1) is 0 Å². The highest BCUT2D eigenvalue weighted by atomic mass is 16.5. The van der Waals surface area contributed by atoms with Crippen molar-refractivity contribution in [2.75, 3.05) is 51.9 Å². The van der Waals surface area contributed by atoms with Crippen molar-refractivity contribution in [2.24, 2.45) is 0 Å². The number of anilines is 1. The number of ether oxygens (including phenoxy) is 3. The molecule has 2 heterocycles. The van der Waals surface area contributed by atoms with Crippen LogP contribution in [0.25, 0.3) is 0 Å². The Hall–Kier alpha value is -2.85. The average Bonchev–Trinajstić information content (AvgIpc) is 2.85. The minimum absolute atomic E-state index is 0.000539.